The van der Waals surface area contributed by atoms with E-state index in [2.05, 4.69) is 10.3 Å². The minimum Gasteiger partial charge on any atom is -0.342 e. The highest BCUT2D eigenvalue weighted by Gasteiger charge is 2.34. The van der Waals surface area contributed by atoms with Gasteiger partial charge >= 0.3 is 0 Å². The molecule has 1 saturated carbocycles. The fourth-order valence-corrected chi connectivity index (χ4v) is 7.30. The molecule has 5 rings (SSSR count). The van der Waals surface area contributed by atoms with Crippen LogP contribution in [0.25, 0.3) is 0 Å². The number of hydrogen-bond donors (Lipinski definition) is 1. The molecule has 1 atom stereocenters. The maximum absolute atomic E-state index is 13.4. The van der Waals surface area contributed by atoms with Crippen molar-refractivity contribution in [3.8, 4) is 0 Å². The minimum atomic E-state index is -3.62. The fourth-order valence-electron chi connectivity index (χ4n) is 5.08. The Kier molecular flexibility index (Phi) is 5.97. The maximum atomic E-state index is 13.4. The Hall–Kier alpha value is -2.71. The third-order valence-electron chi connectivity index (χ3n) is 6.83. The molecule has 1 amide bonds. The van der Waals surface area contributed by atoms with Crippen molar-refractivity contribution in [2.45, 2.75) is 54.2 Å². The molecule has 1 aromatic heterocycles. The molecule has 0 spiro atoms. The summed E-state index contributed by atoms with van der Waals surface area (Å²) in [5.41, 5.74) is 2.11. The number of aromatic nitrogens is 1. The number of hydrogen-bond acceptors (Lipinski definition) is 6. The topological polar surface area (TPSA) is 79.4 Å². The lowest BCUT2D eigenvalue weighted by Crippen LogP contribution is -2.26. The number of amides is 1. The van der Waals surface area contributed by atoms with Crippen LogP contribution in [0.4, 0.5) is 16.5 Å². The first-order chi connectivity index (χ1) is 15.9. The molecule has 0 saturated heterocycles. The Bertz CT molecular complexity index is 1270. The van der Waals surface area contributed by atoms with E-state index in [1.165, 1.54) is 30.6 Å². The molecule has 3 aromatic rings. The van der Waals surface area contributed by atoms with Crippen LogP contribution in [0.1, 0.15) is 50.0 Å². The molecule has 2 aromatic carbocycles. The maximum Gasteiger partial charge on any atom is 0.233 e. The summed E-state index contributed by atoms with van der Waals surface area (Å²) in [7, 11) is -1.74. The summed E-state index contributed by atoms with van der Waals surface area (Å²) in [6.45, 7) is 0. The van der Waals surface area contributed by atoms with Crippen LogP contribution in [0.15, 0.2) is 63.8 Å². The average molecular weight is 482 g/mol. The lowest BCUT2D eigenvalue weighted by molar-refractivity contribution is -0.118. The van der Waals surface area contributed by atoms with Crippen molar-refractivity contribution in [1.82, 2.24) is 4.98 Å². The average Bonchev–Trinajstić information content (AvgIpc) is 3.34. The van der Waals surface area contributed by atoms with Crippen molar-refractivity contribution in [3.05, 3.63) is 59.6 Å². The van der Waals surface area contributed by atoms with Crippen LogP contribution in [-0.2, 0) is 14.6 Å². The zero-order chi connectivity index (χ0) is 23.0. The van der Waals surface area contributed by atoms with Gasteiger partial charge in [0.2, 0.25) is 15.7 Å². The molecule has 0 radical (unpaired) electrons. The zero-order valence-electron chi connectivity index (χ0n) is 18.5. The van der Waals surface area contributed by atoms with Crippen LogP contribution in [0.2, 0.25) is 0 Å². The standard InChI is InChI=1S/C25H27N3O3S2/c1-28-20-9-5-6-10-22(20)33(30,31)23-12-11-18(16-21(23)28)19(15-17-7-3-2-4-8-17)24(29)27-25-26-13-14-32-25/h5-6,9-14,16-17,19H,2-4,7-8,15H2,1H3,(H,26,27,29). The summed E-state index contributed by atoms with van der Waals surface area (Å²) in [5, 5.41) is 5.39. The van der Waals surface area contributed by atoms with Gasteiger partial charge in [0.1, 0.15) is 0 Å². The molecular weight excluding hydrogens is 454 g/mol. The molecule has 1 N–H and O–H groups in total. The Balaban J connectivity index is 1.53. The first-order valence-electron chi connectivity index (χ1n) is 11.4. The number of sulfone groups is 1. The van der Waals surface area contributed by atoms with E-state index in [0.29, 0.717) is 27.3 Å². The van der Waals surface area contributed by atoms with Crippen molar-refractivity contribution in [1.29, 1.82) is 0 Å². The molecular formula is C25H27N3O3S2. The second-order valence-corrected chi connectivity index (χ2v) is 11.7. The highest BCUT2D eigenvalue weighted by Crippen LogP contribution is 2.45. The number of para-hydroxylation sites is 1. The smallest absolute Gasteiger partial charge is 0.233 e. The van der Waals surface area contributed by atoms with E-state index < -0.39 is 9.84 Å². The van der Waals surface area contributed by atoms with E-state index in [1.54, 1.807) is 24.4 Å². The van der Waals surface area contributed by atoms with Gasteiger partial charge in [0, 0.05) is 18.6 Å². The van der Waals surface area contributed by atoms with Gasteiger partial charge in [-0.25, -0.2) is 13.4 Å². The quantitative estimate of drug-likeness (QED) is 0.502. The summed E-state index contributed by atoms with van der Waals surface area (Å²) in [6, 6.07) is 12.4. The van der Waals surface area contributed by atoms with Crippen LogP contribution in [0, 0.1) is 5.92 Å². The fraction of sp³-hybridized carbons (Fsp3) is 0.360. The lowest BCUT2D eigenvalue weighted by atomic mass is 9.80. The summed E-state index contributed by atoms with van der Waals surface area (Å²) < 4.78 is 26.5. The SMILES string of the molecule is CN1c2ccccc2S(=O)(=O)c2ccc(C(CC3CCCCC3)C(=O)Nc3nccs3)cc21. The molecule has 8 heteroatoms. The number of nitrogens with zero attached hydrogens (tertiary/aromatic N) is 2. The Morgan fingerprint density at radius 3 is 2.64 bits per heavy atom. The number of rotatable bonds is 5. The lowest BCUT2D eigenvalue weighted by Gasteiger charge is -2.31. The highest BCUT2D eigenvalue weighted by molar-refractivity contribution is 7.92. The van der Waals surface area contributed by atoms with Gasteiger partial charge in [0.25, 0.3) is 0 Å². The summed E-state index contributed by atoms with van der Waals surface area (Å²) >= 11 is 1.39. The van der Waals surface area contributed by atoms with Crippen molar-refractivity contribution in [3.63, 3.8) is 0 Å². The Labute approximate surface area is 198 Å². The van der Waals surface area contributed by atoms with Crippen LogP contribution in [0.5, 0.6) is 0 Å². The molecule has 2 aliphatic rings. The second kappa shape index (κ2) is 8.91. The van der Waals surface area contributed by atoms with Gasteiger partial charge in [-0.3, -0.25) is 4.79 Å². The molecule has 33 heavy (non-hydrogen) atoms. The summed E-state index contributed by atoms with van der Waals surface area (Å²) in [4.78, 5) is 20.1. The second-order valence-electron chi connectivity index (χ2n) is 8.88. The van der Waals surface area contributed by atoms with Crippen molar-refractivity contribution in [2.75, 3.05) is 17.3 Å². The Morgan fingerprint density at radius 2 is 1.88 bits per heavy atom. The number of benzene rings is 2. The molecule has 1 aliphatic carbocycles. The molecule has 0 bridgehead atoms. The minimum absolute atomic E-state index is 0.0859. The normalized spacial score (nSPS) is 18.3. The van der Waals surface area contributed by atoms with E-state index in [9.17, 15) is 13.2 Å². The summed E-state index contributed by atoms with van der Waals surface area (Å²) in [5.74, 6) is 0.0387. The van der Waals surface area contributed by atoms with Crippen molar-refractivity contribution >= 4 is 43.6 Å². The van der Waals surface area contributed by atoms with E-state index in [-0.39, 0.29) is 16.7 Å². The van der Waals surface area contributed by atoms with E-state index >= 15 is 0 Å². The number of thiazole rings is 1. The first kappa shape index (κ1) is 22.1. The van der Waals surface area contributed by atoms with Gasteiger partial charge in [-0.05, 0) is 42.2 Å². The van der Waals surface area contributed by atoms with E-state index in [0.717, 1.165) is 24.8 Å². The zero-order valence-corrected chi connectivity index (χ0v) is 20.2. The van der Waals surface area contributed by atoms with Gasteiger partial charge in [-0.1, -0.05) is 50.3 Å². The van der Waals surface area contributed by atoms with Gasteiger partial charge in [0.05, 0.1) is 27.1 Å². The van der Waals surface area contributed by atoms with E-state index in [4.69, 9.17) is 0 Å². The van der Waals surface area contributed by atoms with Gasteiger partial charge in [-0.2, -0.15) is 0 Å². The van der Waals surface area contributed by atoms with Crippen LogP contribution in [0.3, 0.4) is 0 Å². The molecule has 2 heterocycles. The number of anilines is 3. The molecule has 1 unspecified atom stereocenters. The number of carbonyl (C=O) groups is 1. The molecule has 1 aliphatic heterocycles. The number of carbonyl (C=O) groups excluding carboxylic acids is 1. The molecule has 1 fully saturated rings. The third kappa shape index (κ3) is 4.17. The van der Waals surface area contributed by atoms with E-state index in [1.807, 2.05) is 41.6 Å². The number of fused-ring (bicyclic) bond motifs is 2. The predicted octanol–water partition coefficient (Wildman–Crippen LogP) is 5.75. The van der Waals surface area contributed by atoms with Crippen LogP contribution >= 0.6 is 11.3 Å². The van der Waals surface area contributed by atoms with Gasteiger partial charge in [0.15, 0.2) is 5.13 Å². The monoisotopic (exact) mass is 481 g/mol. The Morgan fingerprint density at radius 1 is 1.12 bits per heavy atom. The molecule has 6 nitrogen and oxygen atoms in total. The number of nitrogens with one attached hydrogen (secondary N) is 1. The van der Waals surface area contributed by atoms with Gasteiger partial charge in [-0.15, -0.1) is 11.3 Å². The first-order valence-corrected chi connectivity index (χ1v) is 13.7. The summed E-state index contributed by atoms with van der Waals surface area (Å²) in [6.07, 6.45) is 8.35. The largest absolute Gasteiger partial charge is 0.342 e. The molecule has 172 valence electrons. The predicted molar refractivity (Wildman–Crippen MR) is 131 cm³/mol. The van der Waals surface area contributed by atoms with Gasteiger partial charge < -0.3 is 10.2 Å². The van der Waals surface area contributed by atoms with Crippen molar-refractivity contribution < 1.29 is 13.2 Å². The van der Waals surface area contributed by atoms with Crippen molar-refractivity contribution in [2.24, 2.45) is 5.92 Å². The third-order valence-corrected chi connectivity index (χ3v) is 9.36. The van der Waals surface area contributed by atoms with Crippen LogP contribution in [-0.4, -0.2) is 26.4 Å². The van der Waals surface area contributed by atoms with Crippen LogP contribution < -0.4 is 10.2 Å². The highest BCUT2D eigenvalue weighted by atomic mass is 32.2.